The molecule has 0 spiro atoms. The summed E-state index contributed by atoms with van der Waals surface area (Å²) in [5.41, 5.74) is 0. The van der Waals surface area contributed by atoms with Crippen LogP contribution in [0.4, 0.5) is 13.2 Å². The maximum Gasteiger partial charge on any atom is 0.390 e. The van der Waals surface area contributed by atoms with Gasteiger partial charge in [-0.15, -0.1) is 11.6 Å². The van der Waals surface area contributed by atoms with E-state index in [1.165, 1.54) is 0 Å². The fourth-order valence-corrected chi connectivity index (χ4v) is 0.556. The second kappa shape index (κ2) is 4.79. The van der Waals surface area contributed by atoms with Gasteiger partial charge in [0.15, 0.2) is 0 Å². The van der Waals surface area contributed by atoms with Crippen LogP contribution >= 0.6 is 11.6 Å². The minimum atomic E-state index is -4.06. The smallest absolute Gasteiger partial charge is 0.315 e. The topological polar surface area (TPSA) is 12.0 Å². The van der Waals surface area contributed by atoms with Crippen LogP contribution in [-0.4, -0.2) is 25.1 Å². The molecule has 0 bridgehead atoms. The number of nitrogens with one attached hydrogen (secondary N) is 1. The number of alkyl halides is 4. The van der Waals surface area contributed by atoms with Crippen LogP contribution in [-0.2, 0) is 0 Å². The van der Waals surface area contributed by atoms with Crippen molar-refractivity contribution in [1.29, 1.82) is 0 Å². The van der Waals surface area contributed by atoms with E-state index in [-0.39, 0.29) is 6.54 Å². The maximum atomic E-state index is 11.4. The highest BCUT2D eigenvalue weighted by Crippen LogP contribution is 2.17. The summed E-state index contributed by atoms with van der Waals surface area (Å²) < 4.78 is 34.2. The molecule has 0 saturated heterocycles. The minimum Gasteiger partial charge on any atom is -0.315 e. The highest BCUT2D eigenvalue weighted by molar-refractivity contribution is 6.18. The molecule has 10 heavy (non-hydrogen) atoms. The SMILES string of the molecule is FC(F)(F)CCNCCCl. The largest absolute Gasteiger partial charge is 0.390 e. The molecule has 0 aromatic rings. The molecule has 0 aromatic heterocycles. The normalized spacial score (nSPS) is 12.0. The van der Waals surface area contributed by atoms with Crippen molar-refractivity contribution in [3.63, 3.8) is 0 Å². The van der Waals surface area contributed by atoms with E-state index in [9.17, 15) is 13.2 Å². The van der Waals surface area contributed by atoms with Crippen molar-refractivity contribution in [1.82, 2.24) is 5.32 Å². The molecule has 0 aliphatic rings. The second-order valence-electron chi connectivity index (χ2n) is 1.80. The first-order chi connectivity index (χ1) is 4.56. The molecule has 0 atom stereocenters. The van der Waals surface area contributed by atoms with Crippen molar-refractivity contribution in [2.45, 2.75) is 12.6 Å². The minimum absolute atomic E-state index is 0.0454. The number of halogens is 4. The standard InChI is InChI=1S/C5H9ClF3N/c6-2-4-10-3-1-5(7,8)9/h10H,1-4H2. The first-order valence-electron chi connectivity index (χ1n) is 2.89. The Hall–Kier alpha value is 0.0400. The van der Waals surface area contributed by atoms with Crippen molar-refractivity contribution in [3.05, 3.63) is 0 Å². The number of hydrogen-bond donors (Lipinski definition) is 1. The van der Waals surface area contributed by atoms with Gasteiger partial charge >= 0.3 is 6.18 Å². The highest BCUT2D eigenvalue weighted by Gasteiger charge is 2.25. The first-order valence-corrected chi connectivity index (χ1v) is 3.43. The van der Waals surface area contributed by atoms with E-state index in [4.69, 9.17) is 11.6 Å². The van der Waals surface area contributed by atoms with E-state index in [1.54, 1.807) is 0 Å². The Morgan fingerprint density at radius 2 is 1.80 bits per heavy atom. The van der Waals surface area contributed by atoms with Crippen LogP contribution in [0.25, 0.3) is 0 Å². The summed E-state index contributed by atoms with van der Waals surface area (Å²) in [4.78, 5) is 0. The van der Waals surface area contributed by atoms with E-state index in [0.29, 0.717) is 12.4 Å². The summed E-state index contributed by atoms with van der Waals surface area (Å²) in [6.07, 6.45) is -4.84. The summed E-state index contributed by atoms with van der Waals surface area (Å²) in [5.74, 6) is 0.345. The lowest BCUT2D eigenvalue weighted by molar-refractivity contribution is -0.133. The molecule has 0 radical (unpaired) electrons. The van der Waals surface area contributed by atoms with Crippen molar-refractivity contribution >= 4 is 11.6 Å². The zero-order valence-corrected chi connectivity index (χ0v) is 6.10. The molecule has 0 aliphatic heterocycles. The molecule has 1 N–H and O–H groups in total. The van der Waals surface area contributed by atoms with Gasteiger partial charge in [-0.05, 0) is 0 Å². The lowest BCUT2D eigenvalue weighted by Gasteiger charge is -2.05. The van der Waals surface area contributed by atoms with Gasteiger partial charge in [0.25, 0.3) is 0 Å². The Balaban J connectivity index is 3.04. The van der Waals surface area contributed by atoms with Crippen molar-refractivity contribution in [2.75, 3.05) is 19.0 Å². The molecule has 0 aliphatic carbocycles. The Bertz CT molecular complexity index is 83.5. The highest BCUT2D eigenvalue weighted by atomic mass is 35.5. The van der Waals surface area contributed by atoms with Gasteiger partial charge in [-0.1, -0.05) is 0 Å². The predicted octanol–water partition coefficient (Wildman–Crippen LogP) is 1.77. The number of rotatable bonds is 4. The van der Waals surface area contributed by atoms with Crippen LogP contribution < -0.4 is 5.32 Å². The lowest BCUT2D eigenvalue weighted by atomic mass is 10.4. The summed E-state index contributed by atoms with van der Waals surface area (Å²) in [7, 11) is 0. The average molecular weight is 176 g/mol. The third-order valence-electron chi connectivity index (χ3n) is 0.857. The Labute approximate surface area is 62.5 Å². The maximum absolute atomic E-state index is 11.4. The molecule has 62 valence electrons. The lowest BCUT2D eigenvalue weighted by Crippen LogP contribution is -2.23. The van der Waals surface area contributed by atoms with Crippen LogP contribution in [0.3, 0.4) is 0 Å². The fraction of sp³-hybridized carbons (Fsp3) is 1.00. The second-order valence-corrected chi connectivity index (χ2v) is 2.18. The summed E-state index contributed by atoms with van der Waals surface area (Å²) in [5, 5.41) is 2.54. The summed E-state index contributed by atoms with van der Waals surface area (Å²) >= 11 is 5.21. The van der Waals surface area contributed by atoms with Gasteiger partial charge in [0, 0.05) is 19.0 Å². The molecule has 5 heteroatoms. The van der Waals surface area contributed by atoms with E-state index in [2.05, 4.69) is 5.32 Å². The van der Waals surface area contributed by atoms with Crippen LogP contribution in [0.1, 0.15) is 6.42 Å². The van der Waals surface area contributed by atoms with Gasteiger partial charge in [0.05, 0.1) is 6.42 Å². The van der Waals surface area contributed by atoms with Gasteiger partial charge in [0.2, 0.25) is 0 Å². The molecule has 0 rings (SSSR count). The van der Waals surface area contributed by atoms with Gasteiger partial charge in [-0.3, -0.25) is 0 Å². The van der Waals surface area contributed by atoms with Crippen LogP contribution in [0.5, 0.6) is 0 Å². The van der Waals surface area contributed by atoms with Crippen LogP contribution in [0.2, 0.25) is 0 Å². The van der Waals surface area contributed by atoms with Gasteiger partial charge in [-0.2, -0.15) is 13.2 Å². The average Bonchev–Trinajstić information content (AvgIpc) is 1.78. The molecule has 0 aromatic carbocycles. The van der Waals surface area contributed by atoms with Crippen molar-refractivity contribution < 1.29 is 13.2 Å². The Morgan fingerprint density at radius 1 is 1.20 bits per heavy atom. The molecular weight excluding hydrogens is 167 g/mol. The zero-order chi connectivity index (χ0) is 8.04. The van der Waals surface area contributed by atoms with Crippen molar-refractivity contribution in [3.8, 4) is 0 Å². The fourth-order valence-electron chi connectivity index (χ4n) is 0.422. The van der Waals surface area contributed by atoms with E-state index < -0.39 is 12.6 Å². The molecule has 0 fully saturated rings. The van der Waals surface area contributed by atoms with E-state index >= 15 is 0 Å². The molecular formula is C5H9ClF3N. The molecule has 0 saturated carbocycles. The Kier molecular flexibility index (Phi) is 4.81. The third-order valence-corrected chi connectivity index (χ3v) is 1.05. The van der Waals surface area contributed by atoms with E-state index in [1.807, 2.05) is 0 Å². The van der Waals surface area contributed by atoms with Gasteiger partial charge in [0.1, 0.15) is 0 Å². The van der Waals surface area contributed by atoms with Gasteiger partial charge in [-0.25, -0.2) is 0 Å². The van der Waals surface area contributed by atoms with Crippen molar-refractivity contribution in [2.24, 2.45) is 0 Å². The quantitative estimate of drug-likeness (QED) is 0.507. The summed E-state index contributed by atoms with van der Waals surface area (Å²) in [6.45, 7) is 0.383. The van der Waals surface area contributed by atoms with Gasteiger partial charge < -0.3 is 5.32 Å². The predicted molar refractivity (Wildman–Crippen MR) is 34.3 cm³/mol. The molecule has 0 unspecified atom stereocenters. The van der Waals surface area contributed by atoms with Crippen LogP contribution in [0, 0.1) is 0 Å². The Morgan fingerprint density at radius 3 is 2.20 bits per heavy atom. The molecule has 0 heterocycles. The third kappa shape index (κ3) is 8.04. The molecule has 0 amide bonds. The number of hydrogen-bond acceptors (Lipinski definition) is 1. The summed E-state index contributed by atoms with van der Waals surface area (Å²) in [6, 6.07) is 0. The first kappa shape index (κ1) is 10.0. The van der Waals surface area contributed by atoms with Crippen LogP contribution in [0.15, 0.2) is 0 Å². The zero-order valence-electron chi connectivity index (χ0n) is 5.34. The molecule has 1 nitrogen and oxygen atoms in total. The monoisotopic (exact) mass is 175 g/mol. The van der Waals surface area contributed by atoms with E-state index in [0.717, 1.165) is 0 Å².